The van der Waals surface area contributed by atoms with Crippen molar-refractivity contribution in [1.82, 2.24) is 4.72 Å². The molecule has 0 bridgehead atoms. The molecule has 1 heterocycles. The molecule has 2 N–H and O–H groups in total. The average Bonchev–Trinajstić information content (AvgIpc) is 3.04. The molecule has 1 aliphatic rings. The van der Waals surface area contributed by atoms with E-state index in [9.17, 15) is 18.5 Å². The summed E-state index contributed by atoms with van der Waals surface area (Å²) >= 11 is 2.62. The minimum absolute atomic E-state index is 0.0221. The molecule has 1 aromatic rings. The van der Waals surface area contributed by atoms with E-state index in [1.165, 1.54) is 7.05 Å². The number of sulfonamides is 1. The summed E-state index contributed by atoms with van der Waals surface area (Å²) in [6.45, 7) is 0. The van der Waals surface area contributed by atoms with Crippen molar-refractivity contribution in [3.05, 3.63) is 16.2 Å². The lowest BCUT2D eigenvalue weighted by atomic mass is 10.3. The summed E-state index contributed by atoms with van der Waals surface area (Å²) < 4.78 is 27.3. The Bertz CT molecular complexity index is 629. The fraction of sp³-hybridized carbons (Fsp3) is 0.636. The van der Waals surface area contributed by atoms with E-state index in [0.717, 1.165) is 36.7 Å². The maximum absolute atomic E-state index is 12.3. The number of nitrogens with one attached hydrogen (secondary N) is 2. The zero-order valence-electron chi connectivity index (χ0n) is 11.7. The van der Waals surface area contributed by atoms with Crippen LogP contribution < -0.4 is 10.0 Å². The van der Waals surface area contributed by atoms with E-state index in [0.29, 0.717) is 5.25 Å². The fourth-order valence-electron chi connectivity index (χ4n) is 2.35. The molecule has 0 radical (unpaired) electrons. The minimum Gasteiger partial charge on any atom is -0.374 e. The maximum atomic E-state index is 12.3. The number of rotatable bonds is 6. The second-order valence-corrected chi connectivity index (χ2v) is 8.91. The topological polar surface area (TPSA) is 101 Å². The molecule has 2 unspecified atom stereocenters. The quantitative estimate of drug-likeness (QED) is 0.602. The Morgan fingerprint density at radius 1 is 1.48 bits per heavy atom. The van der Waals surface area contributed by atoms with Crippen LogP contribution in [0.4, 0.5) is 10.7 Å². The van der Waals surface area contributed by atoms with Gasteiger partial charge in [-0.2, -0.15) is 11.8 Å². The summed E-state index contributed by atoms with van der Waals surface area (Å²) in [6, 6.07) is 1.02. The van der Waals surface area contributed by atoms with Gasteiger partial charge in [0, 0.05) is 24.4 Å². The van der Waals surface area contributed by atoms with Gasteiger partial charge < -0.3 is 5.32 Å². The summed E-state index contributed by atoms with van der Waals surface area (Å²) in [7, 11) is -2.18. The van der Waals surface area contributed by atoms with Gasteiger partial charge >= 0.3 is 5.69 Å². The lowest BCUT2D eigenvalue weighted by molar-refractivity contribution is -0.383. The Balaban J connectivity index is 2.18. The number of hydrogen-bond acceptors (Lipinski definition) is 7. The summed E-state index contributed by atoms with van der Waals surface area (Å²) in [4.78, 5) is 10.3. The highest BCUT2D eigenvalue weighted by Crippen LogP contribution is 2.37. The zero-order chi connectivity index (χ0) is 15.6. The van der Waals surface area contributed by atoms with E-state index < -0.39 is 14.9 Å². The number of anilines is 1. The average molecular weight is 351 g/mol. The number of nitro groups is 1. The molecule has 1 aliphatic carbocycles. The van der Waals surface area contributed by atoms with E-state index in [1.807, 2.05) is 6.26 Å². The second kappa shape index (κ2) is 6.51. The van der Waals surface area contributed by atoms with Gasteiger partial charge in [0.25, 0.3) is 10.0 Å². The van der Waals surface area contributed by atoms with Gasteiger partial charge in [-0.05, 0) is 25.5 Å². The third-order valence-corrected chi connectivity index (χ3v) is 7.65. The van der Waals surface area contributed by atoms with Crippen LogP contribution in [0.5, 0.6) is 0 Å². The van der Waals surface area contributed by atoms with Crippen LogP contribution in [0.2, 0.25) is 0 Å². The Labute approximate surface area is 131 Å². The summed E-state index contributed by atoms with van der Waals surface area (Å²) in [5.41, 5.74) is -0.212. The SMILES string of the molecule is CNc1sc(S(=O)(=O)NC2CCC(SC)C2)cc1[N+](=O)[O-]. The lowest BCUT2D eigenvalue weighted by Crippen LogP contribution is -2.32. The highest BCUT2D eigenvalue weighted by molar-refractivity contribution is 7.99. The van der Waals surface area contributed by atoms with E-state index in [-0.39, 0.29) is 20.9 Å². The van der Waals surface area contributed by atoms with Gasteiger partial charge in [0.2, 0.25) is 0 Å². The van der Waals surface area contributed by atoms with Crippen LogP contribution in [-0.2, 0) is 10.0 Å². The highest BCUT2D eigenvalue weighted by Gasteiger charge is 2.31. The fourth-order valence-corrected chi connectivity index (χ4v) is 5.72. The van der Waals surface area contributed by atoms with E-state index in [4.69, 9.17) is 0 Å². The van der Waals surface area contributed by atoms with Crippen LogP contribution in [0.15, 0.2) is 10.3 Å². The molecular formula is C11H17N3O4S3. The number of nitrogens with zero attached hydrogens (tertiary/aromatic N) is 1. The van der Waals surface area contributed by atoms with Gasteiger partial charge in [0.05, 0.1) is 4.92 Å². The van der Waals surface area contributed by atoms with Crippen molar-refractivity contribution in [2.24, 2.45) is 0 Å². The molecule has 10 heteroatoms. The lowest BCUT2D eigenvalue weighted by Gasteiger charge is -2.11. The van der Waals surface area contributed by atoms with Crippen LogP contribution in [0, 0.1) is 10.1 Å². The molecule has 0 saturated heterocycles. The standard InChI is InChI=1S/C11H17N3O4S3/c1-12-11-9(14(15)16)6-10(20-11)21(17,18)13-7-3-4-8(5-7)19-2/h6-8,12-13H,3-5H2,1-2H3. The van der Waals surface area contributed by atoms with Crippen LogP contribution >= 0.6 is 23.1 Å². The molecule has 21 heavy (non-hydrogen) atoms. The normalized spacial score (nSPS) is 22.4. The van der Waals surface area contributed by atoms with Gasteiger partial charge in [-0.15, -0.1) is 0 Å². The Morgan fingerprint density at radius 3 is 2.67 bits per heavy atom. The largest absolute Gasteiger partial charge is 0.374 e. The Kier molecular flexibility index (Phi) is 5.12. The van der Waals surface area contributed by atoms with Crippen LogP contribution in [0.1, 0.15) is 19.3 Å². The van der Waals surface area contributed by atoms with E-state index >= 15 is 0 Å². The predicted octanol–water partition coefficient (Wildman–Crippen LogP) is 2.26. The molecule has 1 saturated carbocycles. The van der Waals surface area contributed by atoms with Crippen molar-refractivity contribution in [2.75, 3.05) is 18.6 Å². The van der Waals surface area contributed by atoms with Crippen molar-refractivity contribution in [3.63, 3.8) is 0 Å². The second-order valence-electron chi connectivity index (χ2n) is 4.78. The maximum Gasteiger partial charge on any atom is 0.304 e. The molecule has 118 valence electrons. The first kappa shape index (κ1) is 16.5. The minimum atomic E-state index is -3.71. The van der Waals surface area contributed by atoms with Crippen molar-refractivity contribution >= 4 is 43.8 Å². The molecule has 7 nitrogen and oxygen atoms in total. The van der Waals surface area contributed by atoms with Crippen LogP contribution in [0.3, 0.4) is 0 Å². The summed E-state index contributed by atoms with van der Waals surface area (Å²) in [5, 5.41) is 14.3. The molecule has 1 aromatic heterocycles. The highest BCUT2D eigenvalue weighted by atomic mass is 32.2. The van der Waals surface area contributed by atoms with Gasteiger partial charge in [-0.25, -0.2) is 13.1 Å². The monoisotopic (exact) mass is 351 g/mol. The van der Waals surface area contributed by atoms with Gasteiger partial charge in [0.1, 0.15) is 4.21 Å². The van der Waals surface area contributed by atoms with E-state index in [2.05, 4.69) is 10.0 Å². The first-order valence-corrected chi connectivity index (χ1v) is 9.97. The summed E-state index contributed by atoms with van der Waals surface area (Å²) in [6.07, 6.45) is 4.61. The zero-order valence-corrected chi connectivity index (χ0v) is 14.1. The molecule has 0 spiro atoms. The molecule has 2 atom stereocenters. The first-order valence-electron chi connectivity index (χ1n) is 6.38. The van der Waals surface area contributed by atoms with Crippen LogP contribution in [-0.4, -0.2) is 37.9 Å². The summed E-state index contributed by atoms with van der Waals surface area (Å²) in [5.74, 6) is 0. The molecule has 2 rings (SSSR count). The molecule has 1 fully saturated rings. The molecule has 0 amide bonds. The number of thioether (sulfide) groups is 1. The third-order valence-electron chi connectivity index (χ3n) is 3.42. The number of hydrogen-bond donors (Lipinski definition) is 2. The third kappa shape index (κ3) is 3.68. The van der Waals surface area contributed by atoms with E-state index in [1.54, 1.807) is 11.8 Å². The predicted molar refractivity (Wildman–Crippen MR) is 85.8 cm³/mol. The van der Waals surface area contributed by atoms with Crippen molar-refractivity contribution in [2.45, 2.75) is 34.8 Å². The smallest absolute Gasteiger partial charge is 0.304 e. The first-order chi connectivity index (χ1) is 9.87. The molecule has 0 aliphatic heterocycles. The van der Waals surface area contributed by atoms with Crippen molar-refractivity contribution in [3.8, 4) is 0 Å². The van der Waals surface area contributed by atoms with Crippen molar-refractivity contribution < 1.29 is 13.3 Å². The van der Waals surface area contributed by atoms with Gasteiger partial charge in [-0.1, -0.05) is 11.3 Å². The Hall–Kier alpha value is -0.840. The van der Waals surface area contributed by atoms with Crippen LogP contribution in [0.25, 0.3) is 0 Å². The van der Waals surface area contributed by atoms with Gasteiger partial charge in [0.15, 0.2) is 5.00 Å². The van der Waals surface area contributed by atoms with Gasteiger partial charge in [-0.3, -0.25) is 10.1 Å². The number of thiophene rings is 1. The van der Waals surface area contributed by atoms with Crippen molar-refractivity contribution in [1.29, 1.82) is 0 Å². The molecule has 0 aromatic carbocycles. The Morgan fingerprint density at radius 2 is 2.19 bits per heavy atom. The molecular weight excluding hydrogens is 334 g/mol.